The molecule has 12 rings (SSSR count). The van der Waals surface area contributed by atoms with E-state index in [0.29, 0.717) is 11.6 Å². The van der Waals surface area contributed by atoms with Crippen LogP contribution >= 0.6 is 11.3 Å². The Labute approximate surface area is 393 Å². The van der Waals surface area contributed by atoms with Crippen molar-refractivity contribution in [2.45, 2.75) is 0 Å². The van der Waals surface area contributed by atoms with Gasteiger partial charge < -0.3 is 0 Å². The van der Waals surface area contributed by atoms with Gasteiger partial charge in [0, 0.05) is 53.6 Å². The van der Waals surface area contributed by atoms with Gasteiger partial charge >= 0.3 is 0 Å². The molecule has 4 nitrogen and oxygen atoms in total. The van der Waals surface area contributed by atoms with Crippen LogP contribution in [0.1, 0.15) is 0 Å². The lowest BCUT2D eigenvalue weighted by atomic mass is 9.91. The van der Waals surface area contributed by atoms with Crippen LogP contribution in [-0.2, 0) is 0 Å². The molecule has 0 unspecified atom stereocenters. The Morgan fingerprint density at radius 1 is 0.224 bits per heavy atom. The fraction of sp³-hybridized carbons (Fsp3) is 0. The van der Waals surface area contributed by atoms with Crippen molar-refractivity contribution < 1.29 is 0 Å². The standard InChI is InChI=1S/C62H40N4S/c1-5-16-41(17-6-1)49-24-15-25-50(36-49)58-40-57(65-62(66-58)48-22-11-4-12-23-48)46-32-28-42(29-33-46)52-37-54-51-26-13-14-27-59(51)67-60(54)38-53(52)43-30-34-45(35-31-43)56-39-55(44-18-7-2-8-19-44)63-61(64-56)47-20-9-3-10-21-47/h1-40H. The molecule has 3 heterocycles. The summed E-state index contributed by atoms with van der Waals surface area (Å²) in [4.78, 5) is 20.4. The van der Waals surface area contributed by atoms with E-state index in [4.69, 9.17) is 19.9 Å². The van der Waals surface area contributed by atoms with Crippen molar-refractivity contribution >= 4 is 31.5 Å². The first-order valence-corrected chi connectivity index (χ1v) is 23.3. The molecule has 67 heavy (non-hydrogen) atoms. The topological polar surface area (TPSA) is 51.6 Å². The van der Waals surface area contributed by atoms with Crippen LogP contribution in [-0.4, -0.2) is 19.9 Å². The number of fused-ring (bicyclic) bond motifs is 3. The van der Waals surface area contributed by atoms with Gasteiger partial charge in [-0.1, -0.05) is 206 Å². The van der Waals surface area contributed by atoms with Gasteiger partial charge in [0.25, 0.3) is 0 Å². The predicted molar refractivity (Wildman–Crippen MR) is 279 cm³/mol. The lowest BCUT2D eigenvalue weighted by molar-refractivity contribution is 1.18. The van der Waals surface area contributed by atoms with Gasteiger partial charge in [-0.3, -0.25) is 0 Å². The Morgan fingerprint density at radius 3 is 1.15 bits per heavy atom. The van der Waals surface area contributed by atoms with Crippen molar-refractivity contribution in [3.8, 4) is 101 Å². The highest BCUT2D eigenvalue weighted by molar-refractivity contribution is 7.25. The molecule has 3 aromatic heterocycles. The maximum Gasteiger partial charge on any atom is 0.160 e. The summed E-state index contributed by atoms with van der Waals surface area (Å²) in [6.07, 6.45) is 0. The number of nitrogens with zero attached hydrogens (tertiary/aromatic N) is 4. The van der Waals surface area contributed by atoms with Crippen molar-refractivity contribution in [3.05, 3.63) is 243 Å². The fourth-order valence-corrected chi connectivity index (χ4v) is 10.0. The predicted octanol–water partition coefficient (Wildman–Crippen LogP) is 16.6. The van der Waals surface area contributed by atoms with Gasteiger partial charge in [0.2, 0.25) is 0 Å². The number of benzene rings is 9. The minimum absolute atomic E-state index is 0.692. The van der Waals surface area contributed by atoms with Crippen LogP contribution in [0.25, 0.3) is 121 Å². The molecule has 0 aliphatic rings. The molecule has 0 aliphatic carbocycles. The Balaban J connectivity index is 0.947. The third-order valence-corrected chi connectivity index (χ3v) is 13.5. The average molecular weight is 873 g/mol. The van der Waals surface area contributed by atoms with Crippen molar-refractivity contribution in [3.63, 3.8) is 0 Å². The van der Waals surface area contributed by atoms with Crippen LogP contribution in [0.4, 0.5) is 0 Å². The first-order chi connectivity index (χ1) is 33.2. The molecule has 0 saturated carbocycles. The zero-order valence-corrected chi connectivity index (χ0v) is 37.1. The zero-order valence-electron chi connectivity index (χ0n) is 36.3. The van der Waals surface area contributed by atoms with Crippen LogP contribution in [0.5, 0.6) is 0 Å². The van der Waals surface area contributed by atoms with Crippen molar-refractivity contribution in [1.29, 1.82) is 0 Å². The van der Waals surface area contributed by atoms with E-state index in [1.807, 2.05) is 72.0 Å². The highest BCUT2D eigenvalue weighted by Crippen LogP contribution is 2.43. The van der Waals surface area contributed by atoms with Crippen molar-refractivity contribution in [2.75, 3.05) is 0 Å². The van der Waals surface area contributed by atoms with E-state index in [9.17, 15) is 0 Å². The molecule has 0 amide bonds. The molecule has 0 atom stereocenters. The summed E-state index contributed by atoms with van der Waals surface area (Å²) in [6.45, 7) is 0. The van der Waals surface area contributed by atoms with E-state index in [0.717, 1.165) is 72.8 Å². The van der Waals surface area contributed by atoms with E-state index in [-0.39, 0.29) is 0 Å². The Morgan fingerprint density at radius 2 is 0.612 bits per heavy atom. The summed E-state index contributed by atoms with van der Waals surface area (Å²) in [5, 5.41) is 2.53. The molecule has 0 bridgehead atoms. The molecule has 12 aromatic rings. The molecular weight excluding hydrogens is 833 g/mol. The average Bonchev–Trinajstić information content (AvgIpc) is 3.79. The molecule has 0 N–H and O–H groups in total. The molecule has 314 valence electrons. The molecule has 0 saturated heterocycles. The molecule has 5 heteroatoms. The fourth-order valence-electron chi connectivity index (χ4n) is 8.91. The summed E-state index contributed by atoms with van der Waals surface area (Å²) in [5.74, 6) is 1.39. The third kappa shape index (κ3) is 7.99. The van der Waals surface area contributed by atoms with Gasteiger partial charge in [-0.2, -0.15) is 0 Å². The van der Waals surface area contributed by atoms with Crippen molar-refractivity contribution in [2.24, 2.45) is 0 Å². The highest BCUT2D eigenvalue weighted by atomic mass is 32.1. The molecule has 9 aromatic carbocycles. The van der Waals surface area contributed by atoms with E-state index in [2.05, 4.69) is 182 Å². The second-order valence-electron chi connectivity index (χ2n) is 16.6. The SMILES string of the molecule is c1ccc(-c2cccc(-c3cc(-c4ccc(-c5cc6c(cc5-c5ccc(-c7cc(-c8ccccc8)nc(-c8ccccc8)n7)cc5)sc5ccccc56)cc4)nc(-c4ccccc4)n3)c2)cc1. The zero-order chi connectivity index (χ0) is 44.5. The maximum absolute atomic E-state index is 5.18. The van der Waals surface area contributed by atoms with E-state index in [1.54, 1.807) is 0 Å². The van der Waals surface area contributed by atoms with Crippen LogP contribution in [0.3, 0.4) is 0 Å². The van der Waals surface area contributed by atoms with E-state index >= 15 is 0 Å². The summed E-state index contributed by atoms with van der Waals surface area (Å²) < 4.78 is 2.54. The van der Waals surface area contributed by atoms with Crippen LogP contribution in [0, 0.1) is 0 Å². The molecule has 0 aliphatic heterocycles. The number of hydrogen-bond donors (Lipinski definition) is 0. The van der Waals surface area contributed by atoms with E-state index in [1.165, 1.54) is 36.9 Å². The quantitative estimate of drug-likeness (QED) is 0.145. The summed E-state index contributed by atoms with van der Waals surface area (Å²) in [6, 6.07) is 85.2. The first-order valence-electron chi connectivity index (χ1n) is 22.4. The summed E-state index contributed by atoms with van der Waals surface area (Å²) in [7, 11) is 0. The smallest absolute Gasteiger partial charge is 0.160 e. The van der Waals surface area contributed by atoms with Gasteiger partial charge in [-0.25, -0.2) is 19.9 Å². The van der Waals surface area contributed by atoms with E-state index < -0.39 is 0 Å². The molecular formula is C62H40N4S. The number of hydrogen-bond acceptors (Lipinski definition) is 5. The van der Waals surface area contributed by atoms with Crippen LogP contribution < -0.4 is 0 Å². The lowest BCUT2D eigenvalue weighted by Gasteiger charge is -2.14. The second kappa shape index (κ2) is 17.4. The lowest BCUT2D eigenvalue weighted by Crippen LogP contribution is -1.96. The van der Waals surface area contributed by atoms with Gasteiger partial charge in [-0.15, -0.1) is 11.3 Å². The number of thiophene rings is 1. The summed E-state index contributed by atoms with van der Waals surface area (Å²) >= 11 is 1.84. The number of aromatic nitrogens is 4. The van der Waals surface area contributed by atoms with Gasteiger partial charge in [-0.05, 0) is 69.8 Å². The number of rotatable bonds is 9. The largest absolute Gasteiger partial charge is 0.228 e. The Bertz CT molecular complexity index is 3640. The Hall–Kier alpha value is -8.64. The Kier molecular flexibility index (Phi) is 10.4. The first kappa shape index (κ1) is 39.9. The highest BCUT2D eigenvalue weighted by Gasteiger charge is 2.17. The summed E-state index contributed by atoms with van der Waals surface area (Å²) in [5.41, 5.74) is 16.5. The molecule has 0 spiro atoms. The van der Waals surface area contributed by atoms with Gasteiger partial charge in [0.05, 0.1) is 22.8 Å². The van der Waals surface area contributed by atoms with Gasteiger partial charge in [0.1, 0.15) is 0 Å². The molecule has 0 radical (unpaired) electrons. The minimum atomic E-state index is 0.692. The maximum atomic E-state index is 5.18. The monoisotopic (exact) mass is 872 g/mol. The van der Waals surface area contributed by atoms with Crippen LogP contribution in [0.15, 0.2) is 243 Å². The second-order valence-corrected chi connectivity index (χ2v) is 17.7. The molecule has 0 fully saturated rings. The van der Waals surface area contributed by atoms with Crippen LogP contribution in [0.2, 0.25) is 0 Å². The third-order valence-electron chi connectivity index (χ3n) is 12.4. The van der Waals surface area contributed by atoms with Crippen molar-refractivity contribution in [1.82, 2.24) is 19.9 Å². The minimum Gasteiger partial charge on any atom is -0.228 e. The van der Waals surface area contributed by atoms with Gasteiger partial charge in [0.15, 0.2) is 11.6 Å². The normalized spacial score (nSPS) is 11.3.